The van der Waals surface area contributed by atoms with E-state index in [4.69, 9.17) is 16.7 Å². The maximum Gasteiger partial charge on any atom is 0.245 e. The molecule has 1 aromatic carbocycles. The van der Waals surface area contributed by atoms with E-state index in [-0.39, 0.29) is 29.7 Å². The molecule has 0 bridgehead atoms. The lowest BCUT2D eigenvalue weighted by atomic mass is 9.92. The number of nitrogens with zero attached hydrogens (tertiary/aromatic N) is 3. The molecule has 2 amide bonds. The summed E-state index contributed by atoms with van der Waals surface area (Å²) in [6.07, 6.45) is 5.91. The second kappa shape index (κ2) is 10.5. The van der Waals surface area contributed by atoms with Crippen LogP contribution in [0.1, 0.15) is 71.9 Å². The summed E-state index contributed by atoms with van der Waals surface area (Å²) in [7, 11) is 0. The highest BCUT2D eigenvalue weighted by molar-refractivity contribution is 6.32. The highest BCUT2D eigenvalue weighted by Crippen LogP contribution is 2.29. The van der Waals surface area contributed by atoms with E-state index in [1.165, 1.54) is 0 Å². The molecule has 1 N–H and O–H groups in total. The lowest BCUT2D eigenvalue weighted by molar-refractivity contribution is -0.138. The quantitative estimate of drug-likeness (QED) is 0.561. The van der Waals surface area contributed by atoms with E-state index in [2.05, 4.69) is 33.0 Å². The molecule has 7 heteroatoms. The van der Waals surface area contributed by atoms with E-state index < -0.39 is 0 Å². The predicted molar refractivity (Wildman–Crippen MR) is 129 cm³/mol. The zero-order valence-corrected chi connectivity index (χ0v) is 20.4. The minimum Gasteiger partial charge on any atom is -0.333 e. The zero-order valence-electron chi connectivity index (χ0n) is 19.7. The van der Waals surface area contributed by atoms with Crippen molar-refractivity contribution in [2.45, 2.75) is 71.6 Å². The topological polar surface area (TPSA) is 67.2 Å². The smallest absolute Gasteiger partial charge is 0.245 e. The first-order chi connectivity index (χ1) is 15.2. The molecule has 1 aliphatic carbocycles. The van der Waals surface area contributed by atoms with Crippen molar-refractivity contribution in [1.82, 2.24) is 14.7 Å². The monoisotopic (exact) mass is 458 g/mol. The number of unbranched alkanes of at least 4 members (excludes halogenated alkanes) is 1. The number of benzene rings is 1. The molecular formula is C25H35ClN4O2. The van der Waals surface area contributed by atoms with Crippen LogP contribution >= 0.6 is 11.6 Å². The fourth-order valence-corrected chi connectivity index (χ4v) is 4.26. The van der Waals surface area contributed by atoms with Crippen molar-refractivity contribution < 1.29 is 9.59 Å². The molecule has 174 valence electrons. The molecule has 0 saturated heterocycles. The molecule has 2 aromatic rings. The lowest BCUT2D eigenvalue weighted by Gasteiger charge is -2.25. The van der Waals surface area contributed by atoms with Crippen LogP contribution in [-0.4, -0.2) is 39.6 Å². The van der Waals surface area contributed by atoms with Crippen molar-refractivity contribution in [2.24, 2.45) is 5.92 Å². The zero-order chi connectivity index (χ0) is 23.3. The average Bonchev–Trinajstić information content (AvgIpc) is 3.41. The SMILES string of the molecule is CCCCN(CC(=O)Nc1cc(C(C)(C)C)nn1-c1ccccc1Cl)C(=O)C1CCCC1. The molecular weight excluding hydrogens is 424 g/mol. The Hall–Kier alpha value is -2.34. The van der Waals surface area contributed by atoms with Gasteiger partial charge in [-0.05, 0) is 31.4 Å². The Balaban J connectivity index is 1.82. The molecule has 3 rings (SSSR count). The van der Waals surface area contributed by atoms with Gasteiger partial charge in [0.1, 0.15) is 5.82 Å². The van der Waals surface area contributed by atoms with Gasteiger partial charge in [0, 0.05) is 23.9 Å². The number of aromatic nitrogens is 2. The molecule has 6 nitrogen and oxygen atoms in total. The second-order valence-electron chi connectivity index (χ2n) is 9.67. The van der Waals surface area contributed by atoms with Crippen molar-refractivity contribution >= 4 is 29.2 Å². The van der Waals surface area contributed by atoms with Crippen LogP contribution in [0.4, 0.5) is 5.82 Å². The predicted octanol–water partition coefficient (Wildman–Crippen LogP) is 5.58. The molecule has 1 aromatic heterocycles. The molecule has 0 spiro atoms. The summed E-state index contributed by atoms with van der Waals surface area (Å²) < 4.78 is 1.68. The van der Waals surface area contributed by atoms with Crippen molar-refractivity contribution in [3.8, 4) is 5.69 Å². The van der Waals surface area contributed by atoms with Crippen LogP contribution in [0.15, 0.2) is 30.3 Å². The van der Waals surface area contributed by atoms with E-state index in [1.54, 1.807) is 15.6 Å². The fourth-order valence-electron chi connectivity index (χ4n) is 4.05. The number of rotatable bonds is 8. The number of nitrogens with one attached hydrogen (secondary N) is 1. The summed E-state index contributed by atoms with van der Waals surface area (Å²) in [4.78, 5) is 27.8. The van der Waals surface area contributed by atoms with Crippen LogP contribution in [-0.2, 0) is 15.0 Å². The average molecular weight is 459 g/mol. The van der Waals surface area contributed by atoms with Crippen LogP contribution < -0.4 is 5.32 Å². The molecule has 1 heterocycles. The molecule has 0 radical (unpaired) electrons. The number of carbonyl (C=O) groups is 2. The van der Waals surface area contributed by atoms with Crippen molar-refractivity contribution in [3.63, 3.8) is 0 Å². The number of anilines is 1. The summed E-state index contributed by atoms with van der Waals surface area (Å²) >= 11 is 6.42. The van der Waals surface area contributed by atoms with E-state index in [9.17, 15) is 9.59 Å². The molecule has 1 fully saturated rings. The van der Waals surface area contributed by atoms with Crippen LogP contribution in [0, 0.1) is 5.92 Å². The normalized spacial score (nSPS) is 14.5. The number of para-hydroxylation sites is 1. The van der Waals surface area contributed by atoms with Crippen molar-refractivity contribution in [2.75, 3.05) is 18.4 Å². The van der Waals surface area contributed by atoms with Gasteiger partial charge in [0.05, 0.1) is 22.9 Å². The Morgan fingerprint density at radius 2 is 1.91 bits per heavy atom. The number of carbonyl (C=O) groups excluding carboxylic acids is 2. The van der Waals surface area contributed by atoms with Gasteiger partial charge in [-0.2, -0.15) is 5.10 Å². The summed E-state index contributed by atoms with van der Waals surface area (Å²) in [6.45, 7) is 8.97. The summed E-state index contributed by atoms with van der Waals surface area (Å²) in [5.74, 6) is 0.500. The maximum absolute atomic E-state index is 13.1. The van der Waals surface area contributed by atoms with Crippen molar-refractivity contribution in [1.29, 1.82) is 0 Å². The van der Waals surface area contributed by atoms with E-state index >= 15 is 0 Å². The van der Waals surface area contributed by atoms with Gasteiger partial charge in [-0.3, -0.25) is 9.59 Å². The number of hydrogen-bond donors (Lipinski definition) is 1. The first-order valence-corrected chi connectivity index (χ1v) is 12.0. The summed E-state index contributed by atoms with van der Waals surface area (Å²) in [5, 5.41) is 8.27. The Labute approximate surface area is 196 Å². The van der Waals surface area contributed by atoms with Gasteiger partial charge in [-0.1, -0.05) is 70.7 Å². The van der Waals surface area contributed by atoms with Crippen LogP contribution in [0.3, 0.4) is 0 Å². The van der Waals surface area contributed by atoms with Gasteiger partial charge in [0.2, 0.25) is 11.8 Å². The van der Waals surface area contributed by atoms with Gasteiger partial charge in [-0.15, -0.1) is 0 Å². The molecule has 1 aliphatic rings. The molecule has 0 unspecified atom stereocenters. The van der Waals surface area contributed by atoms with Crippen molar-refractivity contribution in [3.05, 3.63) is 41.0 Å². The molecule has 32 heavy (non-hydrogen) atoms. The Kier molecular flexibility index (Phi) is 7.99. The minimum absolute atomic E-state index is 0.0495. The lowest BCUT2D eigenvalue weighted by Crippen LogP contribution is -2.41. The highest BCUT2D eigenvalue weighted by Gasteiger charge is 2.29. The largest absolute Gasteiger partial charge is 0.333 e. The maximum atomic E-state index is 13.1. The van der Waals surface area contributed by atoms with Gasteiger partial charge in [0.25, 0.3) is 0 Å². The van der Waals surface area contributed by atoms with E-state index in [1.807, 2.05) is 24.3 Å². The first-order valence-electron chi connectivity index (χ1n) is 11.6. The second-order valence-corrected chi connectivity index (χ2v) is 10.1. The molecule has 1 saturated carbocycles. The van der Waals surface area contributed by atoms with Crippen LogP contribution in [0.25, 0.3) is 5.69 Å². The number of amides is 2. The Morgan fingerprint density at radius 1 is 1.22 bits per heavy atom. The Morgan fingerprint density at radius 3 is 2.53 bits per heavy atom. The third-order valence-corrected chi connectivity index (χ3v) is 6.28. The molecule has 0 atom stereocenters. The van der Waals surface area contributed by atoms with Crippen LogP contribution in [0.5, 0.6) is 0 Å². The summed E-state index contributed by atoms with van der Waals surface area (Å²) in [6, 6.07) is 9.30. The van der Waals surface area contributed by atoms with E-state index in [0.29, 0.717) is 23.1 Å². The number of halogens is 1. The third-order valence-electron chi connectivity index (χ3n) is 5.96. The van der Waals surface area contributed by atoms with Gasteiger partial charge in [-0.25, -0.2) is 4.68 Å². The fraction of sp³-hybridized carbons (Fsp3) is 0.560. The Bertz CT molecular complexity index is 942. The third kappa shape index (κ3) is 5.91. The van der Waals surface area contributed by atoms with Gasteiger partial charge >= 0.3 is 0 Å². The number of hydrogen-bond acceptors (Lipinski definition) is 3. The highest BCUT2D eigenvalue weighted by atomic mass is 35.5. The first kappa shape index (κ1) is 24.3. The standard InChI is InChI=1S/C25H35ClN4O2/c1-5-6-15-29(24(32)18-11-7-8-12-18)17-23(31)27-22-16-21(25(2,3)4)28-30(22)20-14-10-9-13-19(20)26/h9-10,13-14,16,18H,5-8,11-12,15,17H2,1-4H3,(H,27,31). The summed E-state index contributed by atoms with van der Waals surface area (Å²) in [5.41, 5.74) is 1.35. The van der Waals surface area contributed by atoms with E-state index in [0.717, 1.165) is 44.2 Å². The van der Waals surface area contributed by atoms with Gasteiger partial charge < -0.3 is 10.2 Å². The van der Waals surface area contributed by atoms with Crippen LogP contribution in [0.2, 0.25) is 5.02 Å². The van der Waals surface area contributed by atoms with Gasteiger partial charge in [0.15, 0.2) is 0 Å². The molecule has 0 aliphatic heterocycles. The minimum atomic E-state index is -0.221.